The second kappa shape index (κ2) is 24.7. The van der Waals surface area contributed by atoms with E-state index in [2.05, 4.69) is 17.2 Å². The second-order valence-corrected chi connectivity index (χ2v) is 16.3. The first-order valence-corrected chi connectivity index (χ1v) is 21.4. The van der Waals surface area contributed by atoms with Crippen molar-refractivity contribution in [3.8, 4) is 0 Å². The zero-order valence-electron chi connectivity index (χ0n) is 34.6. The van der Waals surface area contributed by atoms with Crippen molar-refractivity contribution in [2.24, 2.45) is 5.92 Å². The quantitative estimate of drug-likeness (QED) is 0.0468. The molecule has 16 atom stereocenters. The summed E-state index contributed by atoms with van der Waals surface area (Å²) in [4.78, 5) is 12.5. The van der Waals surface area contributed by atoms with Gasteiger partial charge in [-0.15, -0.1) is 5.10 Å². The maximum atomic E-state index is 12.5. The van der Waals surface area contributed by atoms with E-state index in [9.17, 15) is 61.0 Å². The molecule has 21 heteroatoms. The molecule has 0 radical (unpaired) electrons. The van der Waals surface area contributed by atoms with Gasteiger partial charge in [-0.1, -0.05) is 89.7 Å². The number of aryl methyl sites for hydroxylation is 1. The number of hydrogen-bond acceptors (Lipinski definition) is 19. The summed E-state index contributed by atoms with van der Waals surface area (Å²) in [5, 5.41) is 123. The minimum Gasteiger partial charge on any atom is -0.477 e. The Balaban J connectivity index is 1.29. The highest BCUT2D eigenvalue weighted by atomic mass is 16.8. The number of ether oxygens (including phenoxy) is 6. The van der Waals surface area contributed by atoms with Crippen molar-refractivity contribution in [3.63, 3.8) is 0 Å². The van der Waals surface area contributed by atoms with E-state index in [1.54, 1.807) is 4.68 Å². The predicted molar refractivity (Wildman–Crippen MR) is 205 cm³/mol. The van der Waals surface area contributed by atoms with E-state index >= 15 is 0 Å². The highest BCUT2D eigenvalue weighted by molar-refractivity contribution is 5.76. The van der Waals surface area contributed by atoms with Gasteiger partial charge in [-0.2, -0.15) is 0 Å². The van der Waals surface area contributed by atoms with Crippen LogP contribution in [0.15, 0.2) is 6.20 Å². The maximum Gasteiger partial charge on any atom is 0.364 e. The van der Waals surface area contributed by atoms with Gasteiger partial charge in [0.15, 0.2) is 12.6 Å². The van der Waals surface area contributed by atoms with Gasteiger partial charge in [-0.05, 0) is 6.42 Å². The van der Waals surface area contributed by atoms with Gasteiger partial charge in [0, 0.05) is 18.9 Å². The van der Waals surface area contributed by atoms with Crippen molar-refractivity contribution in [2.45, 2.75) is 202 Å². The van der Waals surface area contributed by atoms with Gasteiger partial charge in [0.05, 0.1) is 50.5 Å². The standard InChI is InChI=1S/C39H69N3O18/c1-3-4-5-6-7-8-9-10-11-12-13-14-15-42-23(17-40-41-42)20-55-36-33(52)31(50)35(26(19-44)57-36)59-37-32(51)30(49)29(48)27(58-37)21-56-39(38(53)54)16-24(45)22(2)34(60-39)28(47)25(46)18-43/h17,22,24-37,43-52H,3-16,18-21H2,1-2H3,(H,53,54)/t22-,24-,25-,26+,27?,28-,29+,30+,31?,32?,33?,34?,35-,36-,37+,39-/m1/s1. The van der Waals surface area contributed by atoms with Gasteiger partial charge < -0.3 is 84.6 Å². The fourth-order valence-electron chi connectivity index (χ4n) is 7.80. The highest BCUT2D eigenvalue weighted by Gasteiger charge is 2.56. The number of carboxylic acid groups (broad SMARTS) is 1. The lowest BCUT2D eigenvalue weighted by molar-refractivity contribution is -0.369. The normalized spacial score (nSPS) is 36.0. The molecule has 5 unspecified atom stereocenters. The van der Waals surface area contributed by atoms with E-state index in [-0.39, 0.29) is 6.61 Å². The molecule has 3 aliphatic rings. The molecule has 0 spiro atoms. The van der Waals surface area contributed by atoms with Crippen LogP contribution in [0.25, 0.3) is 0 Å². The molecule has 0 bridgehead atoms. The van der Waals surface area contributed by atoms with Crippen LogP contribution in [-0.4, -0.2) is 189 Å². The molecule has 60 heavy (non-hydrogen) atoms. The molecule has 4 rings (SSSR count). The zero-order valence-corrected chi connectivity index (χ0v) is 34.6. The lowest BCUT2D eigenvalue weighted by Gasteiger charge is -2.47. The van der Waals surface area contributed by atoms with Crippen LogP contribution in [0.3, 0.4) is 0 Å². The van der Waals surface area contributed by atoms with E-state index < -0.39 is 130 Å². The van der Waals surface area contributed by atoms with Crippen LogP contribution in [0.2, 0.25) is 0 Å². The Morgan fingerprint density at radius 2 is 1.45 bits per heavy atom. The second-order valence-electron chi connectivity index (χ2n) is 16.3. The van der Waals surface area contributed by atoms with Crippen molar-refractivity contribution < 1.29 is 89.4 Å². The number of aliphatic hydroxyl groups excluding tert-OH is 10. The van der Waals surface area contributed by atoms with Gasteiger partial charge >= 0.3 is 5.97 Å². The molecule has 21 nitrogen and oxygen atoms in total. The summed E-state index contributed by atoms with van der Waals surface area (Å²) in [6.07, 6.45) is -8.67. The third kappa shape index (κ3) is 13.3. The molecule has 1 aromatic heterocycles. The Labute approximate surface area is 349 Å². The van der Waals surface area contributed by atoms with E-state index in [4.69, 9.17) is 28.4 Å². The van der Waals surface area contributed by atoms with Gasteiger partial charge in [0.25, 0.3) is 5.79 Å². The Kier molecular flexibility index (Phi) is 20.9. The average Bonchev–Trinajstić information content (AvgIpc) is 3.69. The van der Waals surface area contributed by atoms with Crippen LogP contribution in [0, 0.1) is 5.92 Å². The first-order valence-electron chi connectivity index (χ1n) is 21.4. The lowest BCUT2D eigenvalue weighted by atomic mass is 9.84. The average molecular weight is 868 g/mol. The topological polar surface area (TPSA) is 326 Å². The lowest BCUT2D eigenvalue weighted by Crippen LogP contribution is -2.65. The van der Waals surface area contributed by atoms with Crippen molar-refractivity contribution in [1.82, 2.24) is 15.0 Å². The summed E-state index contributed by atoms with van der Waals surface area (Å²) in [5.74, 6) is -5.37. The fraction of sp³-hybridized carbons (Fsp3) is 0.923. The SMILES string of the molecule is CCCCCCCCCCCCCCn1nncc1CO[C@@H]1O[C@@H](CO)[C@@H](O[C@@H]2OC(CO[C@]3(C(=O)O)C[C@@H](O)[C@@H](C)C([C@H](O)[C@H](O)CO)O3)[C@H](O)[C@H](O)C2O)C(O)C1O. The monoisotopic (exact) mass is 867 g/mol. The Bertz CT molecular complexity index is 1380. The summed E-state index contributed by atoms with van der Waals surface area (Å²) in [7, 11) is 0. The molecule has 4 heterocycles. The van der Waals surface area contributed by atoms with Crippen LogP contribution < -0.4 is 0 Å². The number of hydrogen-bond donors (Lipinski definition) is 11. The number of aromatic nitrogens is 3. The van der Waals surface area contributed by atoms with Crippen molar-refractivity contribution >= 4 is 5.97 Å². The molecule has 3 aliphatic heterocycles. The van der Waals surface area contributed by atoms with Gasteiger partial charge in [-0.3, -0.25) is 0 Å². The van der Waals surface area contributed by atoms with E-state index in [1.165, 1.54) is 70.9 Å². The summed E-state index contributed by atoms with van der Waals surface area (Å²) >= 11 is 0. The minimum absolute atomic E-state index is 0.112. The molecule has 11 N–H and O–H groups in total. The Morgan fingerprint density at radius 1 is 0.850 bits per heavy atom. The van der Waals surface area contributed by atoms with E-state index in [0.717, 1.165) is 19.3 Å². The number of carboxylic acids is 1. The largest absolute Gasteiger partial charge is 0.477 e. The van der Waals surface area contributed by atoms with E-state index in [1.807, 2.05) is 0 Å². The van der Waals surface area contributed by atoms with Gasteiger partial charge in [0.2, 0.25) is 0 Å². The minimum atomic E-state index is -2.68. The molecule has 0 aromatic carbocycles. The first kappa shape index (κ1) is 50.6. The van der Waals surface area contributed by atoms with Gasteiger partial charge in [-0.25, -0.2) is 9.48 Å². The molecular formula is C39H69N3O18. The molecule has 1 aromatic rings. The Hall–Kier alpha value is -2.03. The third-order valence-electron chi connectivity index (χ3n) is 11.8. The predicted octanol–water partition coefficient (Wildman–Crippen LogP) is -1.57. The van der Waals surface area contributed by atoms with Crippen LogP contribution in [-0.2, 0) is 46.4 Å². The van der Waals surface area contributed by atoms with Crippen molar-refractivity contribution in [2.75, 3.05) is 19.8 Å². The fourth-order valence-corrected chi connectivity index (χ4v) is 7.80. The Morgan fingerprint density at radius 3 is 2.05 bits per heavy atom. The number of aliphatic carboxylic acids is 1. The number of carbonyl (C=O) groups is 1. The summed E-state index contributed by atoms with van der Waals surface area (Å²) in [6.45, 7) is 1.58. The van der Waals surface area contributed by atoms with Crippen molar-refractivity contribution in [1.29, 1.82) is 0 Å². The van der Waals surface area contributed by atoms with Crippen LogP contribution in [0.1, 0.15) is 103 Å². The maximum absolute atomic E-state index is 12.5. The highest BCUT2D eigenvalue weighted by Crippen LogP contribution is 2.38. The number of nitrogens with zero attached hydrogens (tertiary/aromatic N) is 3. The molecule has 348 valence electrons. The summed E-state index contributed by atoms with van der Waals surface area (Å²) in [5.41, 5.74) is 0.587. The molecule has 3 fully saturated rings. The van der Waals surface area contributed by atoms with Crippen LogP contribution >= 0.6 is 0 Å². The molecule has 0 amide bonds. The van der Waals surface area contributed by atoms with Gasteiger partial charge in [0.1, 0.15) is 61.0 Å². The van der Waals surface area contributed by atoms with E-state index in [0.29, 0.717) is 12.2 Å². The summed E-state index contributed by atoms with van der Waals surface area (Å²) in [6, 6.07) is 0. The summed E-state index contributed by atoms with van der Waals surface area (Å²) < 4.78 is 35.7. The smallest absolute Gasteiger partial charge is 0.364 e. The number of aliphatic hydroxyl groups is 10. The number of unbranched alkanes of at least 4 members (excludes halogenated alkanes) is 11. The molecule has 0 saturated carbocycles. The van der Waals surface area contributed by atoms with Crippen LogP contribution in [0.4, 0.5) is 0 Å². The molecule has 0 aliphatic carbocycles. The first-order chi connectivity index (χ1) is 28.7. The molecule has 3 saturated heterocycles. The van der Waals surface area contributed by atoms with Crippen LogP contribution in [0.5, 0.6) is 0 Å². The van der Waals surface area contributed by atoms with Crippen molar-refractivity contribution in [3.05, 3.63) is 11.9 Å². The third-order valence-corrected chi connectivity index (χ3v) is 11.8. The number of rotatable bonds is 26. The molecular weight excluding hydrogens is 798 g/mol. The zero-order chi connectivity index (χ0) is 44.0.